The molecule has 0 saturated heterocycles. The van der Waals surface area contributed by atoms with E-state index in [1.54, 1.807) is 0 Å². The molecule has 2 heteroatoms. The van der Waals surface area contributed by atoms with Gasteiger partial charge in [-0.3, -0.25) is 0 Å². The van der Waals surface area contributed by atoms with Crippen molar-refractivity contribution < 1.29 is 0 Å². The molecule has 2 rings (SSSR count). The van der Waals surface area contributed by atoms with Gasteiger partial charge in [-0.25, -0.2) is 4.98 Å². The van der Waals surface area contributed by atoms with Crippen molar-refractivity contribution >= 4 is 21.6 Å². The summed E-state index contributed by atoms with van der Waals surface area (Å²) in [6, 6.07) is 8.38. The van der Waals surface area contributed by atoms with Crippen LogP contribution in [0, 0.1) is 0 Å². The highest BCUT2D eigenvalue weighted by molar-refractivity contribution is 7.18. The summed E-state index contributed by atoms with van der Waals surface area (Å²) < 4.78 is 1.31. The summed E-state index contributed by atoms with van der Waals surface area (Å²) in [5.74, 6) is 0.646. The fraction of sp³-hybridized carbons (Fsp3) is 0.417. The fourth-order valence-electron chi connectivity index (χ4n) is 1.70. The number of nitrogens with zero attached hydrogens (tertiary/aromatic N) is 1. The predicted octanol–water partition coefficient (Wildman–Crippen LogP) is 4.20. The molecule has 0 spiro atoms. The Morgan fingerprint density at radius 2 is 1.93 bits per heavy atom. The van der Waals surface area contributed by atoms with E-state index in [1.165, 1.54) is 22.5 Å². The molecule has 74 valence electrons. The summed E-state index contributed by atoms with van der Waals surface area (Å²) in [4.78, 5) is 4.67. The Labute approximate surface area is 88.8 Å². The van der Waals surface area contributed by atoms with Gasteiger partial charge in [0, 0.05) is 5.92 Å². The maximum absolute atomic E-state index is 4.67. The zero-order chi connectivity index (χ0) is 9.97. The van der Waals surface area contributed by atoms with Crippen molar-refractivity contribution in [2.45, 2.75) is 32.6 Å². The molecule has 0 aliphatic carbocycles. The van der Waals surface area contributed by atoms with Crippen molar-refractivity contribution in [2.24, 2.45) is 0 Å². The predicted molar refractivity (Wildman–Crippen MR) is 62.9 cm³/mol. The van der Waals surface area contributed by atoms with E-state index in [1.807, 2.05) is 11.3 Å². The standard InChI is InChI=1S/C12H15NS/c1-3-9(4-2)12-13-10-7-5-6-8-11(10)14-12/h5-9H,3-4H2,1-2H3. The molecule has 0 saturated carbocycles. The number of fused-ring (bicyclic) bond motifs is 1. The average Bonchev–Trinajstić information content (AvgIpc) is 2.63. The summed E-state index contributed by atoms with van der Waals surface area (Å²) in [5, 5.41) is 1.30. The summed E-state index contributed by atoms with van der Waals surface area (Å²) >= 11 is 1.84. The lowest BCUT2D eigenvalue weighted by molar-refractivity contribution is 0.639. The number of hydrogen-bond acceptors (Lipinski definition) is 2. The van der Waals surface area contributed by atoms with Gasteiger partial charge in [0.2, 0.25) is 0 Å². The SMILES string of the molecule is CCC(CC)c1nc2ccccc2s1. The van der Waals surface area contributed by atoms with Gasteiger partial charge in [-0.15, -0.1) is 11.3 Å². The van der Waals surface area contributed by atoms with Gasteiger partial charge in [-0.2, -0.15) is 0 Å². The second kappa shape index (κ2) is 4.09. The first-order valence-corrected chi connectivity index (χ1v) is 6.02. The molecule has 0 aliphatic rings. The third-order valence-corrected chi connectivity index (χ3v) is 3.84. The van der Waals surface area contributed by atoms with Crippen LogP contribution in [0.25, 0.3) is 10.2 Å². The Balaban J connectivity index is 2.43. The van der Waals surface area contributed by atoms with Gasteiger partial charge in [0.05, 0.1) is 15.2 Å². The van der Waals surface area contributed by atoms with Gasteiger partial charge in [0.15, 0.2) is 0 Å². The highest BCUT2D eigenvalue weighted by Crippen LogP contribution is 2.30. The molecule has 14 heavy (non-hydrogen) atoms. The third kappa shape index (κ3) is 1.67. The second-order valence-electron chi connectivity index (χ2n) is 3.53. The number of benzene rings is 1. The molecule has 0 atom stereocenters. The normalized spacial score (nSPS) is 11.4. The Hall–Kier alpha value is -0.890. The number of aromatic nitrogens is 1. The van der Waals surface area contributed by atoms with Crippen LogP contribution in [0.5, 0.6) is 0 Å². The van der Waals surface area contributed by atoms with Crippen LogP contribution in [0.4, 0.5) is 0 Å². The Bertz CT molecular complexity index is 382. The van der Waals surface area contributed by atoms with E-state index >= 15 is 0 Å². The van der Waals surface area contributed by atoms with Crippen LogP contribution in [0.2, 0.25) is 0 Å². The summed E-state index contributed by atoms with van der Waals surface area (Å²) in [5.41, 5.74) is 1.15. The molecule has 0 radical (unpaired) electrons. The minimum atomic E-state index is 0.646. The lowest BCUT2D eigenvalue weighted by Crippen LogP contribution is -1.93. The molecule has 0 bridgehead atoms. The topological polar surface area (TPSA) is 12.9 Å². The molecule has 0 fully saturated rings. The van der Waals surface area contributed by atoms with Crippen LogP contribution in [0.3, 0.4) is 0 Å². The van der Waals surface area contributed by atoms with Crippen molar-refractivity contribution in [3.05, 3.63) is 29.3 Å². The maximum Gasteiger partial charge on any atom is 0.0969 e. The lowest BCUT2D eigenvalue weighted by Gasteiger charge is -2.06. The van der Waals surface area contributed by atoms with Crippen LogP contribution < -0.4 is 0 Å². The van der Waals surface area contributed by atoms with Gasteiger partial charge in [0.25, 0.3) is 0 Å². The van der Waals surface area contributed by atoms with Gasteiger partial charge in [-0.05, 0) is 25.0 Å². The number of para-hydroxylation sites is 1. The molecular formula is C12H15NS. The molecule has 1 aromatic heterocycles. The van der Waals surface area contributed by atoms with E-state index in [2.05, 4.69) is 43.1 Å². The first kappa shape index (κ1) is 9.66. The minimum Gasteiger partial charge on any atom is -0.241 e. The highest BCUT2D eigenvalue weighted by Gasteiger charge is 2.11. The fourth-order valence-corrected chi connectivity index (χ4v) is 2.94. The van der Waals surface area contributed by atoms with Gasteiger partial charge in [-0.1, -0.05) is 26.0 Å². The molecular weight excluding hydrogens is 190 g/mol. The third-order valence-electron chi connectivity index (χ3n) is 2.65. The number of thiazole rings is 1. The van der Waals surface area contributed by atoms with Gasteiger partial charge in [0.1, 0.15) is 0 Å². The van der Waals surface area contributed by atoms with Crippen LogP contribution in [-0.4, -0.2) is 4.98 Å². The number of rotatable bonds is 3. The van der Waals surface area contributed by atoms with E-state index in [9.17, 15) is 0 Å². The molecule has 2 aromatic rings. The quantitative estimate of drug-likeness (QED) is 0.731. The monoisotopic (exact) mass is 205 g/mol. The zero-order valence-corrected chi connectivity index (χ0v) is 9.47. The van der Waals surface area contributed by atoms with E-state index < -0.39 is 0 Å². The van der Waals surface area contributed by atoms with E-state index in [-0.39, 0.29) is 0 Å². The molecule has 0 unspecified atom stereocenters. The van der Waals surface area contributed by atoms with Crippen LogP contribution >= 0.6 is 11.3 Å². The highest BCUT2D eigenvalue weighted by atomic mass is 32.1. The summed E-state index contributed by atoms with van der Waals surface area (Å²) in [6.45, 7) is 4.47. The van der Waals surface area contributed by atoms with E-state index in [0.717, 1.165) is 5.52 Å². The zero-order valence-electron chi connectivity index (χ0n) is 8.66. The van der Waals surface area contributed by atoms with Crippen molar-refractivity contribution in [1.29, 1.82) is 0 Å². The molecule has 1 nitrogen and oxygen atoms in total. The van der Waals surface area contributed by atoms with Crippen molar-refractivity contribution in [3.63, 3.8) is 0 Å². The minimum absolute atomic E-state index is 0.646. The average molecular weight is 205 g/mol. The second-order valence-corrected chi connectivity index (χ2v) is 4.60. The lowest BCUT2D eigenvalue weighted by atomic mass is 10.1. The maximum atomic E-state index is 4.67. The molecule has 0 N–H and O–H groups in total. The Morgan fingerprint density at radius 1 is 1.21 bits per heavy atom. The molecule has 0 aliphatic heterocycles. The molecule has 0 amide bonds. The van der Waals surface area contributed by atoms with Gasteiger partial charge < -0.3 is 0 Å². The van der Waals surface area contributed by atoms with Gasteiger partial charge >= 0.3 is 0 Å². The van der Waals surface area contributed by atoms with E-state index in [0.29, 0.717) is 5.92 Å². The van der Waals surface area contributed by atoms with Crippen LogP contribution in [-0.2, 0) is 0 Å². The Kier molecular flexibility index (Phi) is 2.82. The van der Waals surface area contributed by atoms with Crippen molar-refractivity contribution in [3.8, 4) is 0 Å². The smallest absolute Gasteiger partial charge is 0.0969 e. The van der Waals surface area contributed by atoms with Crippen molar-refractivity contribution in [1.82, 2.24) is 4.98 Å². The molecule has 1 heterocycles. The van der Waals surface area contributed by atoms with Crippen LogP contribution in [0.15, 0.2) is 24.3 Å². The Morgan fingerprint density at radius 3 is 2.57 bits per heavy atom. The number of hydrogen-bond donors (Lipinski definition) is 0. The van der Waals surface area contributed by atoms with E-state index in [4.69, 9.17) is 0 Å². The summed E-state index contributed by atoms with van der Waals surface area (Å²) in [6.07, 6.45) is 2.38. The van der Waals surface area contributed by atoms with Crippen molar-refractivity contribution in [2.75, 3.05) is 0 Å². The first-order chi connectivity index (χ1) is 6.85. The summed E-state index contributed by atoms with van der Waals surface area (Å²) in [7, 11) is 0. The van der Waals surface area contributed by atoms with Crippen LogP contribution in [0.1, 0.15) is 37.6 Å². The first-order valence-electron chi connectivity index (χ1n) is 5.20. The largest absolute Gasteiger partial charge is 0.241 e. The molecule has 1 aromatic carbocycles.